The molecule has 0 bridgehead atoms. The van der Waals surface area contributed by atoms with Crippen LogP contribution in [0.2, 0.25) is 5.02 Å². The van der Waals surface area contributed by atoms with Gasteiger partial charge in [-0.25, -0.2) is 4.79 Å². The molecule has 19 heavy (non-hydrogen) atoms. The minimum Gasteiger partial charge on any atom is -0.456 e. The third-order valence-electron chi connectivity index (χ3n) is 1.97. The topological polar surface area (TPSA) is 86.5 Å². The molecule has 0 N–H and O–H groups in total. The van der Waals surface area contributed by atoms with Gasteiger partial charge in [0.15, 0.2) is 0 Å². The Kier molecular flexibility index (Phi) is 5.03. The van der Waals surface area contributed by atoms with E-state index in [2.05, 4.69) is 4.74 Å². The monoisotopic (exact) mass is 281 g/mol. The minimum atomic E-state index is -0.912. The maximum atomic E-state index is 11.7. The number of hydrogen-bond donors (Lipinski definition) is 0. The Morgan fingerprint density at radius 3 is 2.68 bits per heavy atom. The highest BCUT2D eigenvalue weighted by Gasteiger charge is 2.22. The van der Waals surface area contributed by atoms with Gasteiger partial charge in [0.25, 0.3) is 5.69 Å². The molecule has 0 saturated carbocycles. The molecule has 98 valence electrons. The molecule has 0 amide bonds. The first-order valence-corrected chi connectivity index (χ1v) is 5.51. The standard InChI is InChI=1S/C12H8ClNO5/c1-2-19-11(16)7-6-10(15)12-8(13)4-3-5-9(12)14(17)18/h3-5H,2H2,1H3. The quantitative estimate of drug-likeness (QED) is 0.161. The van der Waals surface area contributed by atoms with Crippen molar-refractivity contribution < 1.29 is 19.2 Å². The van der Waals surface area contributed by atoms with Crippen LogP contribution in [-0.4, -0.2) is 23.3 Å². The summed E-state index contributed by atoms with van der Waals surface area (Å²) in [6, 6.07) is 3.80. The SMILES string of the molecule is CCOC(=O)C#CC(=O)c1c(Cl)cccc1[N+](=O)[O-]. The second-order valence-corrected chi connectivity index (χ2v) is 3.60. The van der Waals surface area contributed by atoms with Crippen molar-refractivity contribution in [2.45, 2.75) is 6.92 Å². The van der Waals surface area contributed by atoms with Crippen molar-refractivity contribution in [2.75, 3.05) is 6.61 Å². The number of carbonyl (C=O) groups is 2. The number of nitro benzene ring substituents is 1. The number of hydrogen-bond acceptors (Lipinski definition) is 5. The summed E-state index contributed by atoms with van der Waals surface area (Å²) in [6.07, 6.45) is 0. The van der Waals surface area contributed by atoms with Gasteiger partial charge in [0.05, 0.1) is 16.6 Å². The summed E-state index contributed by atoms with van der Waals surface area (Å²) < 4.78 is 4.50. The van der Waals surface area contributed by atoms with E-state index >= 15 is 0 Å². The molecular weight excluding hydrogens is 274 g/mol. The fourth-order valence-corrected chi connectivity index (χ4v) is 1.48. The summed E-state index contributed by atoms with van der Waals surface area (Å²) in [4.78, 5) is 32.7. The number of rotatable bonds is 3. The first-order chi connectivity index (χ1) is 8.97. The van der Waals surface area contributed by atoms with Crippen LogP contribution in [0.3, 0.4) is 0 Å². The summed E-state index contributed by atoms with van der Waals surface area (Å²) in [6.45, 7) is 1.70. The van der Waals surface area contributed by atoms with Crippen molar-refractivity contribution in [1.82, 2.24) is 0 Å². The molecule has 0 aliphatic carbocycles. The third kappa shape index (κ3) is 3.79. The summed E-state index contributed by atoms with van der Waals surface area (Å²) in [7, 11) is 0. The summed E-state index contributed by atoms with van der Waals surface area (Å²) in [5.74, 6) is 2.11. The Morgan fingerprint density at radius 1 is 1.42 bits per heavy atom. The molecule has 0 atom stereocenters. The van der Waals surface area contributed by atoms with Gasteiger partial charge in [0.2, 0.25) is 5.78 Å². The fourth-order valence-electron chi connectivity index (χ4n) is 1.23. The third-order valence-corrected chi connectivity index (χ3v) is 2.28. The van der Waals surface area contributed by atoms with Gasteiger partial charge in [0, 0.05) is 12.0 Å². The molecule has 0 unspecified atom stereocenters. The average molecular weight is 282 g/mol. The van der Waals surface area contributed by atoms with Crippen LogP contribution < -0.4 is 0 Å². The molecule has 0 heterocycles. The summed E-state index contributed by atoms with van der Waals surface area (Å²) in [5, 5.41) is 10.7. The highest BCUT2D eigenvalue weighted by molar-refractivity contribution is 6.36. The molecule has 7 heteroatoms. The molecule has 0 aliphatic heterocycles. The first-order valence-electron chi connectivity index (χ1n) is 5.13. The molecule has 6 nitrogen and oxygen atoms in total. The molecule has 0 aromatic heterocycles. The van der Waals surface area contributed by atoms with Crippen LogP contribution in [0.1, 0.15) is 17.3 Å². The molecule has 0 radical (unpaired) electrons. The lowest BCUT2D eigenvalue weighted by Crippen LogP contribution is -2.05. The van der Waals surface area contributed by atoms with Crippen LogP contribution in [0.5, 0.6) is 0 Å². The lowest BCUT2D eigenvalue weighted by molar-refractivity contribution is -0.385. The van der Waals surface area contributed by atoms with Crippen LogP contribution in [-0.2, 0) is 9.53 Å². The van der Waals surface area contributed by atoms with Crippen molar-refractivity contribution in [1.29, 1.82) is 0 Å². The summed E-state index contributed by atoms with van der Waals surface area (Å²) >= 11 is 5.74. The Morgan fingerprint density at radius 2 is 2.11 bits per heavy atom. The van der Waals surface area contributed by atoms with Gasteiger partial charge in [-0.2, -0.15) is 0 Å². The van der Waals surface area contributed by atoms with Gasteiger partial charge >= 0.3 is 5.97 Å². The number of halogens is 1. The van der Waals surface area contributed by atoms with Gasteiger partial charge < -0.3 is 4.74 Å². The van der Waals surface area contributed by atoms with Gasteiger partial charge in [0.1, 0.15) is 5.56 Å². The zero-order valence-corrected chi connectivity index (χ0v) is 10.6. The number of benzene rings is 1. The second kappa shape index (κ2) is 6.52. The predicted molar refractivity (Wildman–Crippen MR) is 66.8 cm³/mol. The number of nitro groups is 1. The van der Waals surface area contributed by atoms with Crippen molar-refractivity contribution in [3.63, 3.8) is 0 Å². The number of ketones is 1. The second-order valence-electron chi connectivity index (χ2n) is 3.19. The fraction of sp³-hybridized carbons (Fsp3) is 0.167. The maximum absolute atomic E-state index is 11.7. The summed E-state index contributed by atoms with van der Waals surface area (Å²) in [5.41, 5.74) is -0.804. The zero-order valence-electron chi connectivity index (χ0n) is 9.81. The molecule has 1 aromatic rings. The van der Waals surface area contributed by atoms with E-state index in [9.17, 15) is 19.7 Å². The van der Waals surface area contributed by atoms with Gasteiger partial charge in [-0.1, -0.05) is 17.7 Å². The van der Waals surface area contributed by atoms with Crippen molar-refractivity contribution in [3.8, 4) is 11.8 Å². The Hall–Kier alpha value is -2.39. The maximum Gasteiger partial charge on any atom is 0.384 e. The number of ether oxygens (including phenoxy) is 1. The predicted octanol–water partition coefficient (Wildman–Crippen LogP) is 2.00. The van der Waals surface area contributed by atoms with E-state index in [0.717, 1.165) is 6.07 Å². The minimum absolute atomic E-state index is 0.0997. The van der Waals surface area contributed by atoms with Crippen molar-refractivity contribution in [3.05, 3.63) is 38.9 Å². The van der Waals surface area contributed by atoms with Crippen LogP contribution in [0.25, 0.3) is 0 Å². The van der Waals surface area contributed by atoms with E-state index < -0.39 is 22.4 Å². The van der Waals surface area contributed by atoms with Crippen LogP contribution in [0, 0.1) is 22.0 Å². The van der Waals surface area contributed by atoms with Crippen LogP contribution >= 0.6 is 11.6 Å². The molecule has 1 aromatic carbocycles. The van der Waals surface area contributed by atoms with E-state index in [1.165, 1.54) is 12.1 Å². The zero-order chi connectivity index (χ0) is 14.4. The van der Waals surface area contributed by atoms with E-state index in [4.69, 9.17) is 11.6 Å². The van der Waals surface area contributed by atoms with Crippen LogP contribution in [0.15, 0.2) is 18.2 Å². The average Bonchev–Trinajstić information content (AvgIpc) is 2.36. The lowest BCUT2D eigenvalue weighted by atomic mass is 10.1. The van der Waals surface area contributed by atoms with E-state index in [1.54, 1.807) is 6.92 Å². The number of esters is 1. The Balaban J connectivity index is 3.13. The van der Waals surface area contributed by atoms with Crippen molar-refractivity contribution >= 4 is 29.0 Å². The lowest BCUT2D eigenvalue weighted by Gasteiger charge is -1.99. The van der Waals surface area contributed by atoms with Crippen LogP contribution in [0.4, 0.5) is 5.69 Å². The highest BCUT2D eigenvalue weighted by atomic mass is 35.5. The molecule has 0 fully saturated rings. The number of nitrogens with zero attached hydrogens (tertiary/aromatic N) is 1. The number of Topliss-reactive ketones (excluding diaryl/α,β-unsaturated/α-hetero) is 1. The molecule has 0 spiro atoms. The molecule has 0 aliphatic rings. The largest absolute Gasteiger partial charge is 0.456 e. The molecule has 1 rings (SSSR count). The van der Waals surface area contributed by atoms with Gasteiger partial charge in [-0.3, -0.25) is 14.9 Å². The molecule has 0 saturated heterocycles. The normalized spacial score (nSPS) is 9.16. The molecular formula is C12H8ClNO5. The van der Waals surface area contributed by atoms with E-state index in [-0.39, 0.29) is 17.2 Å². The Labute approximate surface area is 113 Å². The van der Waals surface area contributed by atoms with E-state index in [1.807, 2.05) is 11.8 Å². The van der Waals surface area contributed by atoms with E-state index in [0.29, 0.717) is 0 Å². The van der Waals surface area contributed by atoms with Gasteiger partial charge in [-0.15, -0.1) is 0 Å². The van der Waals surface area contributed by atoms with Gasteiger partial charge in [-0.05, 0) is 18.9 Å². The smallest absolute Gasteiger partial charge is 0.384 e. The highest BCUT2D eigenvalue weighted by Crippen LogP contribution is 2.26. The van der Waals surface area contributed by atoms with Crippen molar-refractivity contribution in [2.24, 2.45) is 0 Å². The Bertz CT molecular complexity index is 600. The first kappa shape index (κ1) is 14.7. The number of carbonyl (C=O) groups excluding carboxylic acids is 2.